The molecule has 2 N–H and O–H groups in total. The van der Waals surface area contributed by atoms with E-state index < -0.39 is 12.1 Å². The third-order valence-corrected chi connectivity index (χ3v) is 4.91. The molecule has 0 aromatic carbocycles. The molecule has 6 heteroatoms. The maximum Gasteiger partial charge on any atom is 0.317 e. The third kappa shape index (κ3) is 8.79. The van der Waals surface area contributed by atoms with Crippen molar-refractivity contribution in [2.24, 2.45) is 0 Å². The van der Waals surface area contributed by atoms with Gasteiger partial charge in [-0.1, -0.05) is 58.3 Å². The zero-order valence-electron chi connectivity index (χ0n) is 15.8. The van der Waals surface area contributed by atoms with Gasteiger partial charge in [-0.15, -0.1) is 0 Å². The number of aliphatic carboxylic acids is 1. The van der Waals surface area contributed by atoms with Crippen molar-refractivity contribution in [1.29, 1.82) is 0 Å². The summed E-state index contributed by atoms with van der Waals surface area (Å²) in [4.78, 5) is 27.2. The highest BCUT2D eigenvalue weighted by Crippen LogP contribution is 2.18. The van der Waals surface area contributed by atoms with Crippen LogP contribution in [0, 0.1) is 0 Å². The van der Waals surface area contributed by atoms with Gasteiger partial charge in [-0.2, -0.15) is 0 Å². The number of nitrogens with zero attached hydrogens (tertiary/aromatic N) is 2. The van der Waals surface area contributed by atoms with Crippen molar-refractivity contribution < 1.29 is 19.8 Å². The molecule has 0 amide bonds. The summed E-state index contributed by atoms with van der Waals surface area (Å²) >= 11 is 0. The molecule has 1 rings (SSSR count). The van der Waals surface area contributed by atoms with E-state index in [1.165, 1.54) is 44.9 Å². The molecule has 1 aliphatic heterocycles. The van der Waals surface area contributed by atoms with Gasteiger partial charge in [0.25, 0.3) is 0 Å². The zero-order chi connectivity index (χ0) is 18.5. The Morgan fingerprint density at radius 3 is 2.04 bits per heavy atom. The van der Waals surface area contributed by atoms with Gasteiger partial charge in [0.2, 0.25) is 0 Å². The van der Waals surface area contributed by atoms with E-state index in [1.54, 1.807) is 4.90 Å². The number of ketones is 1. The second-order valence-corrected chi connectivity index (χ2v) is 7.04. The fourth-order valence-electron chi connectivity index (χ4n) is 3.58. The van der Waals surface area contributed by atoms with Crippen LogP contribution < -0.4 is 0 Å². The van der Waals surface area contributed by atoms with Crippen LogP contribution in [0.15, 0.2) is 0 Å². The largest absolute Gasteiger partial charge is 0.480 e. The quantitative estimate of drug-likeness (QED) is 0.439. The SMILES string of the molecule is CCCCCCCCCCCC(=O)C1N(CCO)CCN1CC(=O)O. The van der Waals surface area contributed by atoms with Crippen molar-refractivity contribution in [3.05, 3.63) is 0 Å². The van der Waals surface area contributed by atoms with Crippen molar-refractivity contribution in [2.75, 3.05) is 32.8 Å². The van der Waals surface area contributed by atoms with Crippen LogP contribution in [0.3, 0.4) is 0 Å². The van der Waals surface area contributed by atoms with Crippen molar-refractivity contribution in [3.63, 3.8) is 0 Å². The molecule has 0 saturated carbocycles. The highest BCUT2D eigenvalue weighted by molar-refractivity contribution is 5.84. The number of hydrogen-bond donors (Lipinski definition) is 2. The van der Waals surface area contributed by atoms with Crippen molar-refractivity contribution in [3.8, 4) is 0 Å². The van der Waals surface area contributed by atoms with E-state index in [-0.39, 0.29) is 18.9 Å². The summed E-state index contributed by atoms with van der Waals surface area (Å²) < 4.78 is 0. The number of carboxylic acids is 1. The molecule has 25 heavy (non-hydrogen) atoms. The standard InChI is InChI=1S/C19H36N2O4/c1-2-3-4-5-6-7-8-9-10-11-17(23)19-20(14-15-22)12-13-21(19)16-18(24)25/h19,22H,2-16H2,1H3,(H,24,25). The van der Waals surface area contributed by atoms with Gasteiger partial charge < -0.3 is 10.2 Å². The fourth-order valence-corrected chi connectivity index (χ4v) is 3.58. The molecule has 0 spiro atoms. The molecule has 0 aliphatic carbocycles. The average Bonchev–Trinajstić information content (AvgIpc) is 2.95. The van der Waals surface area contributed by atoms with Gasteiger partial charge in [-0.25, -0.2) is 0 Å². The number of carbonyl (C=O) groups is 2. The predicted octanol–water partition coefficient (Wildman–Crippen LogP) is 2.50. The summed E-state index contributed by atoms with van der Waals surface area (Å²) in [5.41, 5.74) is 0. The van der Waals surface area contributed by atoms with Crippen LogP contribution in [-0.2, 0) is 9.59 Å². The lowest BCUT2D eigenvalue weighted by molar-refractivity contribution is -0.140. The topological polar surface area (TPSA) is 81.1 Å². The van der Waals surface area contributed by atoms with Crippen LogP contribution in [0.2, 0.25) is 0 Å². The lowest BCUT2D eigenvalue weighted by Gasteiger charge is -2.27. The number of aliphatic hydroxyl groups is 1. The summed E-state index contributed by atoms with van der Waals surface area (Å²) in [5, 5.41) is 18.2. The van der Waals surface area contributed by atoms with Crippen LogP contribution in [0.5, 0.6) is 0 Å². The number of aliphatic hydroxyl groups excluding tert-OH is 1. The number of β-amino-alcohol motifs (C(OH)–C–C–N with tert-alkyl or cyclic N) is 1. The number of unbranched alkanes of at least 4 members (excludes halogenated alkanes) is 8. The van der Waals surface area contributed by atoms with Gasteiger partial charge in [-0.3, -0.25) is 19.4 Å². The van der Waals surface area contributed by atoms with E-state index in [0.29, 0.717) is 26.1 Å². The Morgan fingerprint density at radius 1 is 0.920 bits per heavy atom. The average molecular weight is 357 g/mol. The number of carbonyl (C=O) groups excluding carboxylic acids is 1. The third-order valence-electron chi connectivity index (χ3n) is 4.91. The first-order valence-electron chi connectivity index (χ1n) is 9.93. The van der Waals surface area contributed by atoms with Gasteiger partial charge in [0.15, 0.2) is 5.78 Å². The van der Waals surface area contributed by atoms with Crippen molar-refractivity contribution >= 4 is 11.8 Å². The smallest absolute Gasteiger partial charge is 0.317 e. The van der Waals surface area contributed by atoms with E-state index in [2.05, 4.69) is 6.92 Å². The first-order chi connectivity index (χ1) is 12.1. The highest BCUT2D eigenvalue weighted by Gasteiger charge is 2.37. The Kier molecular flexibility index (Phi) is 11.7. The van der Waals surface area contributed by atoms with Gasteiger partial charge in [0.05, 0.1) is 13.2 Å². The Labute approximate surface area is 152 Å². The lowest BCUT2D eigenvalue weighted by Crippen LogP contribution is -2.47. The maximum absolute atomic E-state index is 12.6. The summed E-state index contributed by atoms with van der Waals surface area (Å²) in [7, 11) is 0. The zero-order valence-corrected chi connectivity index (χ0v) is 15.8. The molecule has 1 saturated heterocycles. The van der Waals surface area contributed by atoms with Crippen LogP contribution in [-0.4, -0.2) is 70.7 Å². The summed E-state index contributed by atoms with van der Waals surface area (Å²) in [6.07, 6.45) is 10.9. The number of rotatable bonds is 15. The molecule has 146 valence electrons. The molecular weight excluding hydrogens is 320 g/mol. The van der Waals surface area contributed by atoms with E-state index in [0.717, 1.165) is 12.8 Å². The highest BCUT2D eigenvalue weighted by atomic mass is 16.4. The Morgan fingerprint density at radius 2 is 1.48 bits per heavy atom. The van der Waals surface area contributed by atoms with Crippen molar-refractivity contribution in [2.45, 2.75) is 77.3 Å². The molecule has 1 atom stereocenters. The van der Waals surface area contributed by atoms with E-state index in [9.17, 15) is 9.59 Å². The van der Waals surface area contributed by atoms with Crippen LogP contribution >= 0.6 is 0 Å². The first kappa shape index (κ1) is 22.1. The molecule has 1 aliphatic rings. The Balaban J connectivity index is 2.26. The number of Topliss-reactive ketones (excluding diaryl/α,β-unsaturated/α-hetero) is 1. The molecule has 0 bridgehead atoms. The second kappa shape index (κ2) is 13.3. The summed E-state index contributed by atoms with van der Waals surface area (Å²) in [5.74, 6) is -0.818. The van der Waals surface area contributed by atoms with Gasteiger partial charge in [-0.05, 0) is 6.42 Å². The van der Waals surface area contributed by atoms with Gasteiger partial charge in [0, 0.05) is 26.1 Å². The van der Waals surface area contributed by atoms with Crippen LogP contribution in [0.25, 0.3) is 0 Å². The molecule has 1 unspecified atom stereocenters. The number of carboxylic acid groups (broad SMARTS) is 1. The maximum atomic E-state index is 12.6. The van der Waals surface area contributed by atoms with E-state index >= 15 is 0 Å². The normalized spacial score (nSPS) is 18.7. The summed E-state index contributed by atoms with van der Waals surface area (Å²) in [6.45, 7) is 3.73. The molecule has 1 heterocycles. The van der Waals surface area contributed by atoms with Crippen LogP contribution in [0.1, 0.15) is 71.1 Å². The molecule has 0 aromatic rings. The van der Waals surface area contributed by atoms with E-state index in [4.69, 9.17) is 10.2 Å². The van der Waals surface area contributed by atoms with Crippen molar-refractivity contribution in [1.82, 2.24) is 9.80 Å². The van der Waals surface area contributed by atoms with Gasteiger partial charge in [0.1, 0.15) is 6.17 Å². The minimum atomic E-state index is -0.910. The minimum absolute atomic E-state index is 0.0112. The van der Waals surface area contributed by atoms with Crippen LogP contribution in [0.4, 0.5) is 0 Å². The minimum Gasteiger partial charge on any atom is -0.480 e. The molecular formula is C19H36N2O4. The molecule has 0 radical (unpaired) electrons. The first-order valence-corrected chi connectivity index (χ1v) is 9.93. The lowest BCUT2D eigenvalue weighted by atomic mass is 10.0. The van der Waals surface area contributed by atoms with E-state index in [1.807, 2.05) is 4.90 Å². The monoisotopic (exact) mass is 356 g/mol. The fraction of sp³-hybridized carbons (Fsp3) is 0.895. The predicted molar refractivity (Wildman–Crippen MR) is 98.5 cm³/mol. The number of hydrogen-bond acceptors (Lipinski definition) is 5. The Bertz CT molecular complexity index is 390. The molecule has 0 aromatic heterocycles. The second-order valence-electron chi connectivity index (χ2n) is 7.04. The van der Waals surface area contributed by atoms with Gasteiger partial charge >= 0.3 is 5.97 Å². The Hall–Kier alpha value is -0.980. The molecule has 1 fully saturated rings. The summed E-state index contributed by atoms with van der Waals surface area (Å²) in [6, 6.07) is 0. The molecule has 6 nitrogen and oxygen atoms in total.